The fourth-order valence-electron chi connectivity index (χ4n) is 2.83. The topological polar surface area (TPSA) is 51.2 Å². The van der Waals surface area contributed by atoms with Gasteiger partial charge in [-0.2, -0.15) is 11.3 Å². The van der Waals surface area contributed by atoms with E-state index in [2.05, 4.69) is 31.6 Å². The molecule has 0 aliphatic carbocycles. The van der Waals surface area contributed by atoms with Gasteiger partial charge < -0.3 is 10.1 Å². The lowest BCUT2D eigenvalue weighted by atomic mass is 10.0. The van der Waals surface area contributed by atoms with Crippen molar-refractivity contribution in [2.24, 2.45) is 0 Å². The maximum Gasteiger partial charge on any atom is 0.226 e. The van der Waals surface area contributed by atoms with Crippen LogP contribution in [0.2, 0.25) is 0 Å². The molecule has 3 aromatic rings. The molecule has 4 rings (SSSR count). The largest absolute Gasteiger partial charge is 0.493 e. The zero-order chi connectivity index (χ0) is 17.2. The third-order valence-corrected chi connectivity index (χ3v) is 6.12. The molecule has 1 N–H and O–H groups in total. The zero-order valence-electron chi connectivity index (χ0n) is 13.2. The molecule has 4 nitrogen and oxygen atoms in total. The summed E-state index contributed by atoms with van der Waals surface area (Å²) < 4.78 is 6.65. The number of carbonyl (C=O) groups is 1. The summed E-state index contributed by atoms with van der Waals surface area (Å²) in [5, 5.41) is 10.1. The fraction of sp³-hybridized carbons (Fsp3) is 0.222. The number of rotatable bonds is 4. The Morgan fingerprint density at radius 2 is 2.28 bits per heavy atom. The Labute approximate surface area is 162 Å². The van der Waals surface area contributed by atoms with Crippen molar-refractivity contribution in [2.45, 2.75) is 18.9 Å². The normalized spacial score (nSPS) is 16.1. The number of hydrogen-bond donors (Lipinski definition) is 1. The lowest BCUT2D eigenvalue weighted by Gasteiger charge is -2.26. The molecule has 1 aromatic carbocycles. The van der Waals surface area contributed by atoms with E-state index in [1.807, 2.05) is 35.0 Å². The number of aromatic nitrogens is 1. The third kappa shape index (κ3) is 3.78. The van der Waals surface area contributed by atoms with Crippen molar-refractivity contribution in [3.8, 4) is 16.3 Å². The molecule has 2 aromatic heterocycles. The summed E-state index contributed by atoms with van der Waals surface area (Å²) in [6.07, 6.45) is 1.06. The van der Waals surface area contributed by atoms with Crippen LogP contribution in [-0.4, -0.2) is 17.5 Å². The predicted octanol–water partition coefficient (Wildman–Crippen LogP) is 4.82. The minimum atomic E-state index is -0.0243. The highest BCUT2D eigenvalue weighted by molar-refractivity contribution is 9.10. The van der Waals surface area contributed by atoms with Gasteiger partial charge in [0.25, 0.3) is 0 Å². The molecule has 1 unspecified atom stereocenters. The molecule has 0 spiro atoms. The van der Waals surface area contributed by atoms with Gasteiger partial charge in [0.2, 0.25) is 5.91 Å². The standard InChI is InChI=1S/C18H15BrN2O2S2/c19-12-1-2-16-14(7-12)15(3-5-23-16)21-17(22)8-13-10-25-18(20-13)11-4-6-24-9-11/h1-2,4,6-7,9-10,15H,3,5,8H2,(H,21,22). The van der Waals surface area contributed by atoms with Gasteiger partial charge in [0, 0.05) is 32.8 Å². The average Bonchev–Trinajstić information content (AvgIpc) is 3.26. The van der Waals surface area contributed by atoms with Crippen LogP contribution in [0.4, 0.5) is 0 Å². The minimum Gasteiger partial charge on any atom is -0.493 e. The van der Waals surface area contributed by atoms with Gasteiger partial charge in [-0.1, -0.05) is 15.9 Å². The molecule has 1 amide bonds. The summed E-state index contributed by atoms with van der Waals surface area (Å²) in [7, 11) is 0. The first-order chi connectivity index (χ1) is 12.2. The Morgan fingerprint density at radius 1 is 1.36 bits per heavy atom. The molecule has 0 radical (unpaired) electrons. The number of hydrogen-bond acceptors (Lipinski definition) is 5. The van der Waals surface area contributed by atoms with E-state index in [9.17, 15) is 4.79 Å². The molecule has 0 saturated heterocycles. The van der Waals surface area contributed by atoms with E-state index in [4.69, 9.17) is 4.74 Å². The maximum absolute atomic E-state index is 12.5. The molecule has 128 valence electrons. The number of nitrogens with one attached hydrogen (secondary N) is 1. The van der Waals surface area contributed by atoms with Crippen LogP contribution in [-0.2, 0) is 11.2 Å². The molecule has 0 bridgehead atoms. The number of ether oxygens (including phenoxy) is 1. The van der Waals surface area contributed by atoms with Gasteiger partial charge in [0.1, 0.15) is 10.8 Å². The predicted molar refractivity (Wildman–Crippen MR) is 104 cm³/mol. The monoisotopic (exact) mass is 434 g/mol. The van der Waals surface area contributed by atoms with Crippen molar-refractivity contribution in [1.29, 1.82) is 0 Å². The Kier molecular flexibility index (Phi) is 4.87. The second kappa shape index (κ2) is 7.27. The molecular formula is C18H15BrN2O2S2. The van der Waals surface area contributed by atoms with E-state index >= 15 is 0 Å². The van der Waals surface area contributed by atoms with Gasteiger partial charge in [0.05, 0.1) is 24.8 Å². The van der Waals surface area contributed by atoms with Crippen molar-refractivity contribution < 1.29 is 9.53 Å². The average molecular weight is 435 g/mol. The highest BCUT2D eigenvalue weighted by atomic mass is 79.9. The molecular weight excluding hydrogens is 420 g/mol. The van der Waals surface area contributed by atoms with Gasteiger partial charge in [-0.3, -0.25) is 4.79 Å². The summed E-state index contributed by atoms with van der Waals surface area (Å²) in [4.78, 5) is 17.1. The molecule has 1 aliphatic rings. The first-order valence-electron chi connectivity index (χ1n) is 7.87. The number of thiazole rings is 1. The number of nitrogens with zero attached hydrogens (tertiary/aromatic N) is 1. The quantitative estimate of drug-likeness (QED) is 0.640. The van der Waals surface area contributed by atoms with Crippen molar-refractivity contribution >= 4 is 44.5 Å². The van der Waals surface area contributed by atoms with Crippen LogP contribution < -0.4 is 10.1 Å². The van der Waals surface area contributed by atoms with Crippen LogP contribution in [0.15, 0.2) is 44.9 Å². The third-order valence-electron chi connectivity index (χ3n) is 4.01. The van der Waals surface area contributed by atoms with Crippen LogP contribution in [0.5, 0.6) is 5.75 Å². The van der Waals surface area contributed by atoms with Crippen LogP contribution in [0, 0.1) is 0 Å². The molecule has 0 fully saturated rings. The van der Waals surface area contributed by atoms with E-state index in [1.54, 1.807) is 22.7 Å². The Hall–Kier alpha value is -1.70. The Balaban J connectivity index is 1.44. The van der Waals surface area contributed by atoms with Crippen molar-refractivity contribution in [1.82, 2.24) is 10.3 Å². The second-order valence-electron chi connectivity index (χ2n) is 5.77. The van der Waals surface area contributed by atoms with Crippen molar-refractivity contribution in [3.63, 3.8) is 0 Å². The zero-order valence-corrected chi connectivity index (χ0v) is 16.4. The van der Waals surface area contributed by atoms with Gasteiger partial charge in [-0.25, -0.2) is 4.98 Å². The molecule has 3 heterocycles. The van der Waals surface area contributed by atoms with Crippen LogP contribution in [0.25, 0.3) is 10.6 Å². The van der Waals surface area contributed by atoms with Crippen LogP contribution in [0.3, 0.4) is 0 Å². The lowest BCUT2D eigenvalue weighted by Crippen LogP contribution is -2.33. The SMILES string of the molecule is O=C(Cc1csc(-c2ccsc2)n1)NC1CCOc2ccc(Br)cc21. The summed E-state index contributed by atoms with van der Waals surface area (Å²) >= 11 is 6.71. The summed E-state index contributed by atoms with van der Waals surface area (Å²) in [6.45, 7) is 0.610. The van der Waals surface area contributed by atoms with Crippen molar-refractivity contribution in [3.05, 3.63) is 56.1 Å². The number of fused-ring (bicyclic) bond motifs is 1. The molecule has 0 saturated carbocycles. The van der Waals surface area contributed by atoms with E-state index < -0.39 is 0 Å². The first-order valence-corrected chi connectivity index (χ1v) is 10.5. The minimum absolute atomic E-state index is 0.0139. The number of halogens is 1. The number of thiophene rings is 1. The summed E-state index contributed by atoms with van der Waals surface area (Å²) in [6, 6.07) is 7.92. The van der Waals surface area contributed by atoms with E-state index in [0.29, 0.717) is 13.0 Å². The van der Waals surface area contributed by atoms with Gasteiger partial charge in [-0.15, -0.1) is 11.3 Å². The highest BCUT2D eigenvalue weighted by Gasteiger charge is 2.23. The fourth-order valence-corrected chi connectivity index (χ4v) is 4.74. The lowest BCUT2D eigenvalue weighted by molar-refractivity contribution is -0.121. The van der Waals surface area contributed by atoms with Crippen LogP contribution >= 0.6 is 38.6 Å². The number of benzene rings is 1. The van der Waals surface area contributed by atoms with Gasteiger partial charge in [-0.05, 0) is 29.6 Å². The molecule has 25 heavy (non-hydrogen) atoms. The van der Waals surface area contributed by atoms with Crippen LogP contribution in [0.1, 0.15) is 23.7 Å². The van der Waals surface area contributed by atoms with E-state index in [0.717, 1.165) is 38.5 Å². The van der Waals surface area contributed by atoms with E-state index in [1.165, 1.54) is 0 Å². The first kappa shape index (κ1) is 16.8. The number of carbonyl (C=O) groups excluding carboxylic acids is 1. The smallest absolute Gasteiger partial charge is 0.226 e. The van der Waals surface area contributed by atoms with Gasteiger partial charge in [0.15, 0.2) is 0 Å². The molecule has 1 atom stereocenters. The summed E-state index contributed by atoms with van der Waals surface area (Å²) in [5.41, 5.74) is 2.95. The maximum atomic E-state index is 12.5. The van der Waals surface area contributed by atoms with Gasteiger partial charge >= 0.3 is 0 Å². The molecule has 7 heteroatoms. The van der Waals surface area contributed by atoms with Crippen molar-refractivity contribution in [2.75, 3.05) is 6.61 Å². The molecule has 1 aliphatic heterocycles. The van der Waals surface area contributed by atoms with E-state index in [-0.39, 0.29) is 11.9 Å². The Morgan fingerprint density at radius 3 is 3.12 bits per heavy atom. The number of amides is 1. The Bertz CT molecular complexity index is 892. The summed E-state index contributed by atoms with van der Waals surface area (Å²) in [5.74, 6) is 0.827. The highest BCUT2D eigenvalue weighted by Crippen LogP contribution is 2.34. The second-order valence-corrected chi connectivity index (χ2v) is 8.33.